The van der Waals surface area contributed by atoms with E-state index in [0.29, 0.717) is 41.4 Å². The highest BCUT2D eigenvalue weighted by Crippen LogP contribution is 2.38. The van der Waals surface area contributed by atoms with Gasteiger partial charge < -0.3 is 4.74 Å². The van der Waals surface area contributed by atoms with Gasteiger partial charge in [0.25, 0.3) is 5.91 Å². The SMILES string of the molecule is O=C(/C=C/c1ccc(Sc2ccc(Cl)cc2Cl)c(Cl)c1)NN1CCOCC1. The molecule has 0 radical (unpaired) electrons. The van der Waals surface area contributed by atoms with Crippen molar-refractivity contribution in [2.24, 2.45) is 0 Å². The van der Waals surface area contributed by atoms with Crippen LogP contribution in [0.3, 0.4) is 0 Å². The lowest BCUT2D eigenvalue weighted by molar-refractivity contribution is -0.123. The number of carbonyl (C=O) groups excluding carboxylic acids is 1. The summed E-state index contributed by atoms with van der Waals surface area (Å²) >= 11 is 20.0. The summed E-state index contributed by atoms with van der Waals surface area (Å²) in [5.74, 6) is -0.181. The van der Waals surface area contributed by atoms with Crippen LogP contribution in [-0.2, 0) is 9.53 Å². The molecule has 0 aliphatic carbocycles. The van der Waals surface area contributed by atoms with Gasteiger partial charge >= 0.3 is 0 Å². The van der Waals surface area contributed by atoms with Crippen LogP contribution < -0.4 is 5.43 Å². The molecule has 1 fully saturated rings. The fourth-order valence-electron chi connectivity index (χ4n) is 2.42. The molecule has 27 heavy (non-hydrogen) atoms. The van der Waals surface area contributed by atoms with E-state index in [-0.39, 0.29) is 5.91 Å². The third-order valence-electron chi connectivity index (χ3n) is 3.78. The van der Waals surface area contributed by atoms with Gasteiger partial charge in [0.05, 0.1) is 23.3 Å². The molecule has 8 heteroatoms. The number of carbonyl (C=O) groups is 1. The van der Waals surface area contributed by atoms with E-state index in [1.54, 1.807) is 18.2 Å². The van der Waals surface area contributed by atoms with Crippen molar-refractivity contribution >= 4 is 58.5 Å². The van der Waals surface area contributed by atoms with Crippen LogP contribution in [0.5, 0.6) is 0 Å². The largest absolute Gasteiger partial charge is 0.379 e. The molecule has 1 aliphatic heterocycles. The summed E-state index contributed by atoms with van der Waals surface area (Å²) < 4.78 is 5.25. The number of amides is 1. The fraction of sp³-hybridized carbons (Fsp3) is 0.211. The molecule has 3 rings (SSSR count). The minimum Gasteiger partial charge on any atom is -0.379 e. The van der Waals surface area contributed by atoms with E-state index in [1.165, 1.54) is 17.8 Å². The second kappa shape index (κ2) is 9.82. The predicted octanol–water partition coefficient (Wildman–Crippen LogP) is 5.17. The Morgan fingerprint density at radius 3 is 2.37 bits per heavy atom. The zero-order valence-electron chi connectivity index (χ0n) is 14.3. The van der Waals surface area contributed by atoms with Crippen LogP contribution in [0.2, 0.25) is 15.1 Å². The summed E-state index contributed by atoms with van der Waals surface area (Å²) in [7, 11) is 0. The summed E-state index contributed by atoms with van der Waals surface area (Å²) in [6.07, 6.45) is 3.22. The minimum atomic E-state index is -0.181. The molecule has 1 amide bonds. The monoisotopic (exact) mass is 442 g/mol. The van der Waals surface area contributed by atoms with E-state index in [0.717, 1.165) is 15.4 Å². The Morgan fingerprint density at radius 2 is 1.70 bits per heavy atom. The highest BCUT2D eigenvalue weighted by molar-refractivity contribution is 7.99. The Labute approximate surface area is 177 Å². The smallest absolute Gasteiger partial charge is 0.258 e. The van der Waals surface area contributed by atoms with E-state index >= 15 is 0 Å². The molecule has 2 aromatic rings. The first-order valence-corrected chi connectivity index (χ1v) is 10.2. The van der Waals surface area contributed by atoms with Crippen molar-refractivity contribution in [2.75, 3.05) is 26.3 Å². The molecule has 4 nitrogen and oxygen atoms in total. The van der Waals surface area contributed by atoms with Gasteiger partial charge in [-0.25, -0.2) is 5.01 Å². The second-order valence-corrected chi connectivity index (χ2v) is 8.11. The zero-order chi connectivity index (χ0) is 19.2. The summed E-state index contributed by atoms with van der Waals surface area (Å²) in [6.45, 7) is 2.61. The average molecular weight is 444 g/mol. The molecule has 1 aliphatic rings. The van der Waals surface area contributed by atoms with Gasteiger partial charge in [-0.15, -0.1) is 0 Å². The third kappa shape index (κ3) is 6.14. The summed E-state index contributed by atoms with van der Waals surface area (Å²) in [4.78, 5) is 13.7. The van der Waals surface area contributed by atoms with Gasteiger partial charge in [0.2, 0.25) is 0 Å². The Hall–Kier alpha value is -1.21. The van der Waals surface area contributed by atoms with Crippen molar-refractivity contribution in [3.8, 4) is 0 Å². The molecule has 1 heterocycles. The minimum absolute atomic E-state index is 0.181. The van der Waals surface area contributed by atoms with Gasteiger partial charge in [-0.2, -0.15) is 0 Å². The number of nitrogens with zero attached hydrogens (tertiary/aromatic N) is 1. The van der Waals surface area contributed by atoms with Crippen LogP contribution in [0.25, 0.3) is 6.08 Å². The van der Waals surface area contributed by atoms with Crippen LogP contribution >= 0.6 is 46.6 Å². The predicted molar refractivity (Wildman–Crippen MR) is 112 cm³/mol. The molecule has 0 unspecified atom stereocenters. The van der Waals surface area contributed by atoms with Crippen molar-refractivity contribution in [3.63, 3.8) is 0 Å². The number of hydrogen-bond acceptors (Lipinski definition) is 4. The zero-order valence-corrected chi connectivity index (χ0v) is 17.3. The Morgan fingerprint density at radius 1 is 1.04 bits per heavy atom. The summed E-state index contributed by atoms with van der Waals surface area (Å²) in [5.41, 5.74) is 3.66. The van der Waals surface area contributed by atoms with Crippen molar-refractivity contribution in [1.82, 2.24) is 10.4 Å². The molecule has 142 valence electrons. The third-order valence-corrected chi connectivity index (χ3v) is 6.01. The molecule has 0 spiro atoms. The summed E-state index contributed by atoms with van der Waals surface area (Å²) in [5, 5.41) is 3.60. The molecule has 2 aromatic carbocycles. The molecule has 0 bridgehead atoms. The standard InChI is InChI=1S/C19H17Cl3N2O2S/c20-14-3-5-18(16(22)12-14)27-17-4-1-13(11-15(17)21)2-6-19(25)23-24-7-9-26-10-8-24/h1-6,11-12H,7-10H2,(H,23,25)/b6-2+. The van der Waals surface area contributed by atoms with E-state index in [4.69, 9.17) is 39.5 Å². The summed E-state index contributed by atoms with van der Waals surface area (Å²) in [6, 6.07) is 11.0. The first kappa shape index (κ1) is 20.5. The van der Waals surface area contributed by atoms with Gasteiger partial charge in [-0.3, -0.25) is 10.2 Å². The molecule has 0 aromatic heterocycles. The van der Waals surface area contributed by atoms with Gasteiger partial charge in [-0.1, -0.05) is 52.6 Å². The number of morpholine rings is 1. The number of ether oxygens (including phenoxy) is 1. The topological polar surface area (TPSA) is 41.6 Å². The molecule has 1 N–H and O–H groups in total. The second-order valence-electron chi connectivity index (χ2n) is 5.78. The van der Waals surface area contributed by atoms with Crippen molar-refractivity contribution in [2.45, 2.75) is 9.79 Å². The molecular formula is C19H17Cl3N2O2S. The van der Waals surface area contributed by atoms with Crippen LogP contribution in [-0.4, -0.2) is 37.2 Å². The van der Waals surface area contributed by atoms with E-state index in [9.17, 15) is 4.79 Å². The van der Waals surface area contributed by atoms with Crippen LogP contribution in [0.15, 0.2) is 52.3 Å². The number of hydrogen-bond donors (Lipinski definition) is 1. The maximum Gasteiger partial charge on any atom is 0.258 e. The van der Waals surface area contributed by atoms with Crippen LogP contribution in [0.4, 0.5) is 0 Å². The van der Waals surface area contributed by atoms with Crippen LogP contribution in [0, 0.1) is 0 Å². The quantitative estimate of drug-likeness (QED) is 0.647. The molecular weight excluding hydrogens is 427 g/mol. The van der Waals surface area contributed by atoms with E-state index < -0.39 is 0 Å². The number of benzene rings is 2. The van der Waals surface area contributed by atoms with Gasteiger partial charge in [-0.05, 0) is 42.0 Å². The van der Waals surface area contributed by atoms with Crippen molar-refractivity contribution in [3.05, 3.63) is 63.1 Å². The van der Waals surface area contributed by atoms with Crippen LogP contribution in [0.1, 0.15) is 5.56 Å². The van der Waals surface area contributed by atoms with E-state index in [2.05, 4.69) is 5.43 Å². The van der Waals surface area contributed by atoms with Gasteiger partial charge in [0, 0.05) is 34.0 Å². The number of hydrazine groups is 1. The Bertz CT molecular complexity index is 855. The highest BCUT2D eigenvalue weighted by atomic mass is 35.5. The lowest BCUT2D eigenvalue weighted by Gasteiger charge is -2.26. The maximum atomic E-state index is 12.0. The van der Waals surface area contributed by atoms with Crippen molar-refractivity contribution in [1.29, 1.82) is 0 Å². The highest BCUT2D eigenvalue weighted by Gasteiger charge is 2.11. The molecule has 1 saturated heterocycles. The first-order chi connectivity index (χ1) is 13.0. The van der Waals surface area contributed by atoms with Crippen molar-refractivity contribution < 1.29 is 9.53 Å². The average Bonchev–Trinajstić information content (AvgIpc) is 2.65. The fourth-order valence-corrected chi connectivity index (χ4v) is 4.07. The number of nitrogens with one attached hydrogen (secondary N) is 1. The molecule has 0 atom stereocenters. The maximum absolute atomic E-state index is 12.0. The van der Waals surface area contributed by atoms with E-state index in [1.807, 2.05) is 29.3 Å². The number of halogens is 3. The first-order valence-electron chi connectivity index (χ1n) is 8.25. The lowest BCUT2D eigenvalue weighted by Crippen LogP contribution is -2.47. The van der Waals surface area contributed by atoms with Gasteiger partial charge in [0.15, 0.2) is 0 Å². The number of rotatable bonds is 5. The Kier molecular flexibility index (Phi) is 7.47. The normalized spacial score (nSPS) is 15.2. The molecule has 0 saturated carbocycles. The van der Waals surface area contributed by atoms with Gasteiger partial charge in [0.1, 0.15) is 0 Å². The Balaban J connectivity index is 1.62. The lowest BCUT2D eigenvalue weighted by atomic mass is 10.2.